The van der Waals surface area contributed by atoms with Crippen LogP contribution in [0.5, 0.6) is 0 Å². The lowest BCUT2D eigenvalue weighted by atomic mass is 10.2. The van der Waals surface area contributed by atoms with Crippen molar-refractivity contribution in [1.29, 1.82) is 0 Å². The maximum Gasteiger partial charge on any atom is 0.326 e. The number of benzene rings is 1. The summed E-state index contributed by atoms with van der Waals surface area (Å²) in [5.41, 5.74) is 0.843. The molecular weight excluding hydrogens is 334 g/mol. The van der Waals surface area contributed by atoms with Gasteiger partial charge < -0.3 is 10.0 Å². The molecule has 0 unspecified atom stereocenters. The number of hydrogen-bond donors (Lipinski definition) is 1. The number of nitro benzene ring substituents is 1. The summed E-state index contributed by atoms with van der Waals surface area (Å²) in [7, 11) is 0. The summed E-state index contributed by atoms with van der Waals surface area (Å²) in [4.78, 5) is 39.4. The second kappa shape index (κ2) is 6.36. The number of hydrogen-bond acceptors (Lipinski definition) is 6. The van der Waals surface area contributed by atoms with Crippen LogP contribution in [0.15, 0.2) is 29.6 Å². The van der Waals surface area contributed by atoms with Crippen molar-refractivity contribution in [3.63, 3.8) is 0 Å². The largest absolute Gasteiger partial charge is 0.480 e. The Morgan fingerprint density at radius 1 is 1.33 bits per heavy atom. The van der Waals surface area contributed by atoms with E-state index in [1.165, 1.54) is 28.4 Å². The number of carbonyl (C=O) groups excluding carboxylic acids is 1. The van der Waals surface area contributed by atoms with E-state index in [1.807, 2.05) is 0 Å². The molecule has 8 nitrogen and oxygen atoms in total. The summed E-state index contributed by atoms with van der Waals surface area (Å²) in [6, 6.07) is 5.09. The van der Waals surface area contributed by atoms with Gasteiger partial charge in [0.25, 0.3) is 11.6 Å². The monoisotopic (exact) mass is 347 g/mol. The van der Waals surface area contributed by atoms with Crippen molar-refractivity contribution in [2.24, 2.45) is 0 Å². The molecule has 0 bridgehead atoms. The first-order valence-electron chi connectivity index (χ1n) is 7.21. The second-order valence-corrected chi connectivity index (χ2v) is 6.19. The number of thiazole rings is 1. The molecule has 1 aliphatic heterocycles. The number of nitrogens with zero attached hydrogens (tertiary/aromatic N) is 3. The first kappa shape index (κ1) is 16.1. The van der Waals surface area contributed by atoms with Gasteiger partial charge in [0, 0.05) is 29.6 Å². The Bertz CT molecular complexity index is 802. The summed E-state index contributed by atoms with van der Waals surface area (Å²) in [5.74, 6) is -1.41. The molecule has 1 aromatic carbocycles. The van der Waals surface area contributed by atoms with Crippen molar-refractivity contribution in [2.45, 2.75) is 18.9 Å². The van der Waals surface area contributed by atoms with Gasteiger partial charge >= 0.3 is 5.97 Å². The topological polar surface area (TPSA) is 114 Å². The Kier molecular flexibility index (Phi) is 4.26. The minimum atomic E-state index is -1.01. The molecule has 2 heterocycles. The van der Waals surface area contributed by atoms with Crippen molar-refractivity contribution >= 4 is 28.9 Å². The van der Waals surface area contributed by atoms with Crippen LogP contribution in [-0.4, -0.2) is 44.4 Å². The van der Waals surface area contributed by atoms with Gasteiger partial charge in [0.05, 0.1) is 4.92 Å². The Balaban J connectivity index is 1.81. The van der Waals surface area contributed by atoms with Crippen molar-refractivity contribution in [3.05, 3.63) is 45.5 Å². The first-order chi connectivity index (χ1) is 11.5. The van der Waals surface area contributed by atoms with Gasteiger partial charge in [-0.1, -0.05) is 0 Å². The Morgan fingerprint density at radius 2 is 2.04 bits per heavy atom. The summed E-state index contributed by atoms with van der Waals surface area (Å²) in [5, 5.41) is 22.0. The van der Waals surface area contributed by atoms with Crippen molar-refractivity contribution in [3.8, 4) is 10.6 Å². The summed E-state index contributed by atoms with van der Waals surface area (Å²) < 4.78 is 0. The van der Waals surface area contributed by atoms with E-state index in [9.17, 15) is 19.7 Å². The Morgan fingerprint density at radius 3 is 2.67 bits per heavy atom. The van der Waals surface area contributed by atoms with Crippen LogP contribution in [0.3, 0.4) is 0 Å². The molecule has 0 radical (unpaired) electrons. The molecule has 1 aliphatic rings. The highest BCUT2D eigenvalue weighted by molar-refractivity contribution is 7.13. The molecule has 3 rings (SSSR count). The molecule has 1 saturated heterocycles. The van der Waals surface area contributed by atoms with Crippen molar-refractivity contribution in [2.75, 3.05) is 6.54 Å². The zero-order valence-corrected chi connectivity index (χ0v) is 13.2. The zero-order valence-electron chi connectivity index (χ0n) is 12.4. The maximum atomic E-state index is 12.5. The molecule has 0 aliphatic carbocycles. The molecule has 0 spiro atoms. The number of aromatic nitrogens is 1. The van der Waals surface area contributed by atoms with E-state index in [1.54, 1.807) is 17.5 Å². The molecule has 1 amide bonds. The van der Waals surface area contributed by atoms with E-state index in [-0.39, 0.29) is 11.4 Å². The number of nitro groups is 1. The number of likely N-dealkylation sites (tertiary alicyclic amines) is 1. The van der Waals surface area contributed by atoms with Crippen LogP contribution in [0.2, 0.25) is 0 Å². The molecule has 1 fully saturated rings. The third-order valence-corrected chi connectivity index (χ3v) is 4.74. The van der Waals surface area contributed by atoms with Gasteiger partial charge in [0.15, 0.2) is 0 Å². The summed E-state index contributed by atoms with van der Waals surface area (Å²) >= 11 is 1.24. The summed E-state index contributed by atoms with van der Waals surface area (Å²) in [6.07, 6.45) is 1.10. The molecule has 24 heavy (non-hydrogen) atoms. The molecule has 9 heteroatoms. The van der Waals surface area contributed by atoms with Gasteiger partial charge in [-0.25, -0.2) is 9.78 Å². The van der Waals surface area contributed by atoms with E-state index >= 15 is 0 Å². The lowest BCUT2D eigenvalue weighted by Gasteiger charge is -2.20. The van der Waals surface area contributed by atoms with E-state index in [2.05, 4.69) is 4.98 Å². The number of aliphatic carboxylic acids is 1. The van der Waals surface area contributed by atoms with E-state index in [0.29, 0.717) is 30.0 Å². The zero-order chi connectivity index (χ0) is 17.3. The number of rotatable bonds is 4. The van der Waals surface area contributed by atoms with Crippen LogP contribution in [0.4, 0.5) is 5.69 Å². The number of amides is 1. The smallest absolute Gasteiger partial charge is 0.326 e. The molecule has 1 aromatic heterocycles. The molecule has 1 N–H and O–H groups in total. The second-order valence-electron chi connectivity index (χ2n) is 5.34. The van der Waals surface area contributed by atoms with Crippen LogP contribution in [0, 0.1) is 10.1 Å². The van der Waals surface area contributed by atoms with Gasteiger partial charge in [-0.15, -0.1) is 11.3 Å². The maximum absolute atomic E-state index is 12.5. The summed E-state index contributed by atoms with van der Waals surface area (Å²) in [6.45, 7) is 0.403. The minimum Gasteiger partial charge on any atom is -0.480 e. The fraction of sp³-hybridized carbons (Fsp3) is 0.267. The third kappa shape index (κ3) is 2.98. The van der Waals surface area contributed by atoms with Gasteiger partial charge in [0.2, 0.25) is 0 Å². The van der Waals surface area contributed by atoms with E-state index in [0.717, 1.165) is 0 Å². The van der Waals surface area contributed by atoms with Crippen LogP contribution in [0.25, 0.3) is 10.6 Å². The molecule has 2 aromatic rings. The van der Waals surface area contributed by atoms with Gasteiger partial charge in [-0.05, 0) is 25.0 Å². The van der Waals surface area contributed by atoms with Crippen molar-refractivity contribution < 1.29 is 19.6 Å². The van der Waals surface area contributed by atoms with Gasteiger partial charge in [0.1, 0.15) is 16.7 Å². The fourth-order valence-electron chi connectivity index (χ4n) is 2.64. The highest BCUT2D eigenvalue weighted by atomic mass is 32.1. The van der Waals surface area contributed by atoms with Crippen molar-refractivity contribution in [1.82, 2.24) is 9.88 Å². The molecule has 0 saturated carbocycles. The van der Waals surface area contributed by atoms with Crippen LogP contribution < -0.4 is 0 Å². The minimum absolute atomic E-state index is 0.0204. The van der Waals surface area contributed by atoms with E-state index in [4.69, 9.17) is 5.11 Å². The van der Waals surface area contributed by atoms with Crippen LogP contribution in [-0.2, 0) is 4.79 Å². The number of non-ortho nitro benzene ring substituents is 1. The van der Waals surface area contributed by atoms with Gasteiger partial charge in [-0.3, -0.25) is 14.9 Å². The third-order valence-electron chi connectivity index (χ3n) is 3.85. The standard InChI is InChI=1S/C15H13N3O5S/c19-14(17-7-1-2-12(17)15(20)21)11-8-24-13(16-11)9-3-5-10(6-4-9)18(22)23/h3-6,8,12H,1-2,7H2,(H,20,21)/t12-/m1/s1. The average Bonchev–Trinajstić information content (AvgIpc) is 3.24. The highest BCUT2D eigenvalue weighted by Crippen LogP contribution is 2.27. The predicted octanol–water partition coefficient (Wildman–Crippen LogP) is 2.41. The van der Waals surface area contributed by atoms with Crippen LogP contribution >= 0.6 is 11.3 Å². The van der Waals surface area contributed by atoms with E-state index < -0.39 is 22.8 Å². The average molecular weight is 347 g/mol. The first-order valence-corrected chi connectivity index (χ1v) is 8.09. The number of carboxylic acids is 1. The lowest BCUT2D eigenvalue weighted by Crippen LogP contribution is -2.40. The normalized spacial score (nSPS) is 17.0. The van der Waals surface area contributed by atoms with Crippen LogP contribution in [0.1, 0.15) is 23.3 Å². The van der Waals surface area contributed by atoms with Gasteiger partial charge in [-0.2, -0.15) is 0 Å². The number of carboxylic acid groups (broad SMARTS) is 1. The quantitative estimate of drug-likeness (QED) is 0.671. The Hall–Kier alpha value is -2.81. The molecule has 124 valence electrons. The predicted molar refractivity (Wildman–Crippen MR) is 85.9 cm³/mol. The molecule has 1 atom stereocenters. The lowest BCUT2D eigenvalue weighted by molar-refractivity contribution is -0.384. The SMILES string of the molecule is O=C(O)[C@H]1CCCN1C(=O)c1csc(-c2ccc([N+](=O)[O-])cc2)n1. The molecular formula is C15H13N3O5S. The number of carbonyl (C=O) groups is 2. The fourth-order valence-corrected chi connectivity index (χ4v) is 3.44. The Labute approximate surface area is 140 Å². The highest BCUT2D eigenvalue weighted by Gasteiger charge is 2.35.